The Morgan fingerprint density at radius 2 is 2.00 bits per heavy atom. The van der Waals surface area contributed by atoms with E-state index in [0.29, 0.717) is 22.7 Å². The molecule has 0 aliphatic carbocycles. The van der Waals surface area contributed by atoms with Crippen molar-refractivity contribution in [3.05, 3.63) is 46.8 Å². The van der Waals surface area contributed by atoms with Crippen molar-refractivity contribution in [2.75, 3.05) is 11.4 Å². The Labute approximate surface area is 125 Å². The molecule has 4 nitrogen and oxygen atoms in total. The lowest BCUT2D eigenvalue weighted by Gasteiger charge is -2.39. The summed E-state index contributed by atoms with van der Waals surface area (Å²) >= 11 is 3.22. The highest BCUT2D eigenvalue weighted by molar-refractivity contribution is 9.10. The molecule has 1 aromatic carbocycles. The normalized spacial score (nSPS) is 16.4. The van der Waals surface area contributed by atoms with Crippen LogP contribution in [0.15, 0.2) is 45.5 Å². The van der Waals surface area contributed by atoms with Gasteiger partial charge in [0.1, 0.15) is 11.4 Å². The van der Waals surface area contributed by atoms with E-state index >= 15 is 0 Å². The van der Waals surface area contributed by atoms with E-state index in [9.17, 15) is 4.79 Å². The minimum atomic E-state index is -0.437. The lowest BCUT2D eigenvalue weighted by Crippen LogP contribution is -2.49. The van der Waals surface area contributed by atoms with Crippen LogP contribution in [0.3, 0.4) is 0 Å². The van der Waals surface area contributed by atoms with Gasteiger partial charge >= 0.3 is 0 Å². The van der Waals surface area contributed by atoms with Crippen LogP contribution in [0.25, 0.3) is 0 Å². The number of ether oxygens (including phenoxy) is 1. The Bertz CT molecular complexity index is 663. The van der Waals surface area contributed by atoms with Crippen molar-refractivity contribution in [2.45, 2.75) is 19.4 Å². The number of para-hydroxylation sites is 2. The average molecular weight is 336 g/mol. The lowest BCUT2D eigenvalue weighted by molar-refractivity contribution is 0.0816. The molecular weight excluding hydrogens is 322 g/mol. The summed E-state index contributed by atoms with van der Waals surface area (Å²) in [4.78, 5) is 14.3. The first-order valence-corrected chi connectivity index (χ1v) is 7.11. The summed E-state index contributed by atoms with van der Waals surface area (Å²) in [5, 5.41) is 0. The predicted molar refractivity (Wildman–Crippen MR) is 79.2 cm³/mol. The Morgan fingerprint density at radius 1 is 1.25 bits per heavy atom. The Kier molecular flexibility index (Phi) is 3.09. The number of rotatable bonds is 1. The minimum absolute atomic E-state index is 0.167. The van der Waals surface area contributed by atoms with Crippen LogP contribution in [0.5, 0.6) is 5.75 Å². The molecule has 0 spiro atoms. The summed E-state index contributed by atoms with van der Waals surface area (Å²) in [6.45, 7) is 4.39. The zero-order valence-corrected chi connectivity index (χ0v) is 12.8. The van der Waals surface area contributed by atoms with Gasteiger partial charge in [-0.15, -0.1) is 0 Å². The van der Waals surface area contributed by atoms with Gasteiger partial charge in [0.15, 0.2) is 10.4 Å². The number of hydrogen-bond acceptors (Lipinski definition) is 3. The van der Waals surface area contributed by atoms with E-state index in [0.717, 1.165) is 5.69 Å². The standard InChI is InChI=1S/C15H14BrNO3/c1-15(2)9-17(10-5-3-4-6-11(10)20-15)14(18)12-7-8-13(16)19-12/h3-8H,9H2,1-2H3. The molecule has 2 heterocycles. The van der Waals surface area contributed by atoms with Gasteiger partial charge in [0.2, 0.25) is 0 Å². The van der Waals surface area contributed by atoms with E-state index in [-0.39, 0.29) is 5.91 Å². The van der Waals surface area contributed by atoms with E-state index in [4.69, 9.17) is 9.15 Å². The van der Waals surface area contributed by atoms with E-state index in [2.05, 4.69) is 15.9 Å². The first-order chi connectivity index (χ1) is 9.46. The maximum atomic E-state index is 12.6. The molecule has 0 N–H and O–H groups in total. The summed E-state index contributed by atoms with van der Waals surface area (Å²) in [5.41, 5.74) is 0.331. The number of hydrogen-bond donors (Lipinski definition) is 0. The summed E-state index contributed by atoms with van der Waals surface area (Å²) in [5.74, 6) is 0.853. The van der Waals surface area contributed by atoms with Crippen LogP contribution >= 0.6 is 15.9 Å². The number of carbonyl (C=O) groups excluding carboxylic acids is 1. The molecule has 1 aromatic heterocycles. The summed E-state index contributed by atoms with van der Waals surface area (Å²) in [6.07, 6.45) is 0. The summed E-state index contributed by atoms with van der Waals surface area (Å²) in [6, 6.07) is 10.9. The van der Waals surface area contributed by atoms with Crippen LogP contribution in [0.1, 0.15) is 24.4 Å². The number of nitrogens with zero attached hydrogens (tertiary/aromatic N) is 1. The highest BCUT2D eigenvalue weighted by atomic mass is 79.9. The SMILES string of the molecule is CC1(C)CN(C(=O)c2ccc(Br)o2)c2ccccc2O1. The largest absolute Gasteiger partial charge is 0.484 e. The molecule has 104 valence electrons. The van der Waals surface area contributed by atoms with Crippen molar-refractivity contribution >= 4 is 27.5 Å². The second kappa shape index (κ2) is 4.66. The molecule has 0 atom stereocenters. The molecule has 1 amide bonds. The molecule has 0 fully saturated rings. The smallest absolute Gasteiger partial charge is 0.294 e. The van der Waals surface area contributed by atoms with Crippen molar-refractivity contribution in [3.63, 3.8) is 0 Å². The fourth-order valence-electron chi connectivity index (χ4n) is 2.31. The van der Waals surface area contributed by atoms with Crippen molar-refractivity contribution < 1.29 is 13.9 Å². The van der Waals surface area contributed by atoms with Gasteiger partial charge in [-0.1, -0.05) is 12.1 Å². The molecule has 5 heteroatoms. The molecule has 0 saturated heterocycles. The third kappa shape index (κ3) is 2.33. The van der Waals surface area contributed by atoms with Crippen molar-refractivity contribution in [1.29, 1.82) is 0 Å². The number of fused-ring (bicyclic) bond motifs is 1. The quantitative estimate of drug-likeness (QED) is 0.794. The number of carbonyl (C=O) groups is 1. The lowest BCUT2D eigenvalue weighted by atomic mass is 10.0. The molecule has 3 rings (SSSR count). The molecule has 1 aliphatic rings. The van der Waals surface area contributed by atoms with Gasteiger partial charge in [-0.25, -0.2) is 0 Å². The zero-order chi connectivity index (χ0) is 14.3. The van der Waals surface area contributed by atoms with Gasteiger partial charge in [-0.3, -0.25) is 9.69 Å². The fourth-order valence-corrected chi connectivity index (χ4v) is 2.61. The fraction of sp³-hybridized carbons (Fsp3) is 0.267. The number of furan rings is 1. The molecular formula is C15H14BrNO3. The molecule has 0 unspecified atom stereocenters. The number of halogens is 1. The monoisotopic (exact) mass is 335 g/mol. The minimum Gasteiger partial charge on any atom is -0.484 e. The van der Waals surface area contributed by atoms with Gasteiger partial charge < -0.3 is 9.15 Å². The third-order valence-electron chi connectivity index (χ3n) is 3.11. The van der Waals surface area contributed by atoms with Crippen LogP contribution < -0.4 is 9.64 Å². The predicted octanol–water partition coefficient (Wildman–Crippen LogP) is 3.86. The van der Waals surface area contributed by atoms with Crippen LogP contribution in [0.4, 0.5) is 5.69 Å². The number of anilines is 1. The van der Waals surface area contributed by atoms with Crippen LogP contribution in [0.2, 0.25) is 0 Å². The maximum absolute atomic E-state index is 12.6. The molecule has 20 heavy (non-hydrogen) atoms. The first-order valence-electron chi connectivity index (χ1n) is 6.31. The van der Waals surface area contributed by atoms with Gasteiger partial charge in [-0.2, -0.15) is 0 Å². The van der Waals surface area contributed by atoms with Crippen LogP contribution in [0, 0.1) is 0 Å². The zero-order valence-electron chi connectivity index (χ0n) is 11.2. The van der Waals surface area contributed by atoms with Gasteiger partial charge in [0.05, 0.1) is 12.2 Å². The summed E-state index contributed by atoms with van der Waals surface area (Å²) < 4.78 is 11.8. The average Bonchev–Trinajstić information content (AvgIpc) is 2.82. The van der Waals surface area contributed by atoms with Crippen molar-refractivity contribution in [2.24, 2.45) is 0 Å². The first kappa shape index (κ1) is 13.2. The Balaban J connectivity index is 2.02. The van der Waals surface area contributed by atoms with Crippen molar-refractivity contribution in [1.82, 2.24) is 0 Å². The van der Waals surface area contributed by atoms with Crippen LogP contribution in [-0.4, -0.2) is 18.1 Å². The number of benzene rings is 1. The second-order valence-electron chi connectivity index (χ2n) is 5.32. The summed E-state index contributed by atoms with van der Waals surface area (Å²) in [7, 11) is 0. The molecule has 2 aromatic rings. The van der Waals surface area contributed by atoms with E-state index in [1.165, 1.54) is 0 Å². The van der Waals surface area contributed by atoms with E-state index < -0.39 is 5.60 Å². The Hall–Kier alpha value is -1.75. The van der Waals surface area contributed by atoms with Gasteiger partial charge in [0, 0.05) is 0 Å². The maximum Gasteiger partial charge on any atom is 0.294 e. The van der Waals surface area contributed by atoms with Crippen LogP contribution in [-0.2, 0) is 0 Å². The molecule has 0 radical (unpaired) electrons. The second-order valence-corrected chi connectivity index (χ2v) is 6.11. The molecule has 0 saturated carbocycles. The van der Waals surface area contributed by atoms with E-state index in [1.54, 1.807) is 17.0 Å². The number of amides is 1. The highest BCUT2D eigenvalue weighted by Crippen LogP contribution is 2.37. The van der Waals surface area contributed by atoms with Crippen molar-refractivity contribution in [3.8, 4) is 5.75 Å². The molecule has 0 bridgehead atoms. The third-order valence-corrected chi connectivity index (χ3v) is 3.54. The van der Waals surface area contributed by atoms with Gasteiger partial charge in [-0.05, 0) is 54.0 Å². The topological polar surface area (TPSA) is 42.7 Å². The van der Waals surface area contributed by atoms with Gasteiger partial charge in [0.25, 0.3) is 5.91 Å². The highest BCUT2D eigenvalue weighted by Gasteiger charge is 2.35. The molecule has 1 aliphatic heterocycles. The van der Waals surface area contributed by atoms with E-state index in [1.807, 2.05) is 38.1 Å². The Morgan fingerprint density at radius 3 is 2.70 bits per heavy atom.